The summed E-state index contributed by atoms with van der Waals surface area (Å²) in [7, 11) is 0. The normalized spacial score (nSPS) is 35.2. The zero-order valence-electron chi connectivity index (χ0n) is 37.8. The highest BCUT2D eigenvalue weighted by Gasteiger charge is 2.84. The Hall–Kier alpha value is -5.59. The van der Waals surface area contributed by atoms with E-state index in [-0.39, 0.29) is 43.1 Å². The van der Waals surface area contributed by atoms with E-state index in [9.17, 15) is 48.9 Å². The maximum Gasteiger partial charge on any atom is 0.253 e. The largest absolute Gasteiger partial charge is 0.390 e. The highest BCUT2D eigenvalue weighted by Crippen LogP contribution is 2.74. The van der Waals surface area contributed by atoms with Gasteiger partial charge in [-0.3, -0.25) is 38.5 Å². The van der Waals surface area contributed by atoms with E-state index in [1.807, 2.05) is 31.2 Å². The minimum absolute atomic E-state index is 0.0638. The van der Waals surface area contributed by atoms with Gasteiger partial charge in [-0.15, -0.1) is 0 Å². The summed E-state index contributed by atoms with van der Waals surface area (Å²) >= 11 is 0. The molecule has 2 aromatic carbocycles. The number of ketones is 3. The first-order valence-corrected chi connectivity index (χ1v) is 22.6. The lowest BCUT2D eigenvalue weighted by Gasteiger charge is -2.63. The summed E-state index contributed by atoms with van der Waals surface area (Å²) in [4.78, 5) is 88.9. The number of aliphatic hydroxyl groups excluding tert-OH is 2. The molecule has 1 saturated heterocycles. The standard InChI is InChI=1S/C50H55F2N3O12/c1-26(20-38(58)28(3)53-41(61)17-19-55-42(62)14-15-43(55)63)44(64)54-32-12-10-30(11-13-32)27(2)29-6-8-31(9-7-29)45-66-48(65)23-36-34-22-37(51)35-21-33(57)16-18-46(35,4)49(34,52)39(59)24-47(36,5)50(48,67-45)40(60)25-56/h6-16,18,21,26-28,34,36-37,39,45,56,59,65H,17,19-20,22-25H2,1-5H3,(H,53,61)(H,54,64)/t26-,27+,28+,34+,36+,37+,39+,45-,46+,47+,48-,49+,50+/m1/s1. The van der Waals surface area contributed by atoms with Crippen LogP contribution in [0.3, 0.4) is 0 Å². The van der Waals surface area contributed by atoms with Crippen molar-refractivity contribution in [3.05, 3.63) is 101 Å². The van der Waals surface area contributed by atoms with E-state index in [2.05, 4.69) is 10.6 Å². The maximum atomic E-state index is 17.8. The van der Waals surface area contributed by atoms with Crippen LogP contribution in [0.15, 0.2) is 84.5 Å². The van der Waals surface area contributed by atoms with Crippen molar-refractivity contribution in [2.45, 2.75) is 114 Å². The van der Waals surface area contributed by atoms with Gasteiger partial charge in [0.05, 0.1) is 12.1 Å². The number of hydrogen-bond acceptors (Lipinski definition) is 12. The van der Waals surface area contributed by atoms with E-state index in [1.54, 1.807) is 38.1 Å². The van der Waals surface area contributed by atoms with Crippen molar-refractivity contribution >= 4 is 46.7 Å². The number of benzene rings is 2. The smallest absolute Gasteiger partial charge is 0.253 e. The number of imide groups is 1. The van der Waals surface area contributed by atoms with Gasteiger partial charge in [0, 0.05) is 77.8 Å². The summed E-state index contributed by atoms with van der Waals surface area (Å²) in [6.07, 6.45) is -0.544. The maximum absolute atomic E-state index is 17.8. The third kappa shape index (κ3) is 7.53. The quantitative estimate of drug-likeness (QED) is 0.169. The Bertz CT molecular complexity index is 2490. The average Bonchev–Trinajstić information content (AvgIpc) is 3.86. The van der Waals surface area contributed by atoms with Gasteiger partial charge in [0.15, 0.2) is 34.9 Å². The molecule has 2 aliphatic heterocycles. The van der Waals surface area contributed by atoms with Crippen LogP contribution >= 0.6 is 0 Å². The van der Waals surface area contributed by atoms with Gasteiger partial charge in [0.1, 0.15) is 12.8 Å². The number of Topliss-reactive ketones (excluding diaryl/α,β-unsaturated/α-hetero) is 2. The van der Waals surface area contributed by atoms with E-state index in [0.717, 1.165) is 40.3 Å². The number of carbonyl (C=O) groups excluding carboxylic acids is 7. The number of aliphatic hydroxyl groups is 3. The molecule has 0 radical (unpaired) electrons. The predicted octanol–water partition coefficient (Wildman–Crippen LogP) is 4.15. The van der Waals surface area contributed by atoms with E-state index in [1.165, 1.54) is 19.9 Å². The first-order chi connectivity index (χ1) is 31.5. The fourth-order valence-electron chi connectivity index (χ4n) is 11.9. The molecule has 4 aliphatic carbocycles. The number of ether oxygens (including phenoxy) is 2. The molecule has 17 heteroatoms. The number of anilines is 1. The van der Waals surface area contributed by atoms with Crippen LogP contribution in [0.25, 0.3) is 0 Å². The van der Waals surface area contributed by atoms with Crippen LogP contribution in [0.1, 0.15) is 95.6 Å². The monoisotopic (exact) mass is 927 g/mol. The van der Waals surface area contributed by atoms with Gasteiger partial charge in [-0.1, -0.05) is 63.2 Å². The molecule has 15 nitrogen and oxygen atoms in total. The van der Waals surface area contributed by atoms with E-state index < -0.39 is 125 Å². The second-order valence-corrected chi connectivity index (χ2v) is 19.4. The van der Waals surface area contributed by atoms with Crippen molar-refractivity contribution in [3.8, 4) is 0 Å². The summed E-state index contributed by atoms with van der Waals surface area (Å²) < 4.78 is 46.5. The second kappa shape index (κ2) is 17.2. The minimum atomic E-state index is -2.48. The summed E-state index contributed by atoms with van der Waals surface area (Å²) in [5.41, 5.74) is -5.35. The molecule has 8 rings (SSSR count). The Labute approximate surface area is 385 Å². The summed E-state index contributed by atoms with van der Waals surface area (Å²) in [6, 6.07) is 13.3. The molecule has 67 heavy (non-hydrogen) atoms. The van der Waals surface area contributed by atoms with E-state index >= 15 is 8.78 Å². The molecule has 3 saturated carbocycles. The average molecular weight is 928 g/mol. The van der Waals surface area contributed by atoms with Gasteiger partial charge in [-0.2, -0.15) is 0 Å². The van der Waals surface area contributed by atoms with Crippen LogP contribution in [-0.4, -0.2) is 110 Å². The predicted molar refractivity (Wildman–Crippen MR) is 235 cm³/mol. The van der Waals surface area contributed by atoms with Gasteiger partial charge in [0.2, 0.25) is 17.6 Å². The summed E-state index contributed by atoms with van der Waals surface area (Å²) in [6.45, 7) is 6.92. The number of nitrogens with one attached hydrogen (secondary N) is 2. The first-order valence-electron chi connectivity index (χ1n) is 22.6. The van der Waals surface area contributed by atoms with Gasteiger partial charge < -0.3 is 35.4 Å². The second-order valence-electron chi connectivity index (χ2n) is 19.4. The van der Waals surface area contributed by atoms with Crippen LogP contribution < -0.4 is 10.6 Å². The molecular formula is C50H55F2N3O12. The van der Waals surface area contributed by atoms with E-state index in [0.29, 0.717) is 11.3 Å². The van der Waals surface area contributed by atoms with Crippen LogP contribution in [0.5, 0.6) is 0 Å². The third-order valence-electron chi connectivity index (χ3n) is 15.7. The number of hydrogen-bond donors (Lipinski definition) is 5. The topological polar surface area (TPSA) is 226 Å². The molecule has 2 heterocycles. The molecule has 4 fully saturated rings. The third-order valence-corrected chi connectivity index (χ3v) is 15.7. The molecule has 5 N–H and O–H groups in total. The van der Waals surface area contributed by atoms with Crippen LogP contribution in [0.4, 0.5) is 14.5 Å². The SMILES string of the molecule is C[C@H](c1ccc(NC(=O)[C@H](C)CC(=O)[C@H](C)NC(=O)CCN2C(=O)C=CC2=O)cc1)c1ccc([C@H]2O[C@]3(C(=O)CO)[C@@](O)(C[C@H]4[C@@H]5C[C@H](F)C6=CC(=O)C=C[C@]6(C)[C@@]5(F)[C@@H](O)C[C@@]43C)O2)cc1. The number of alkyl halides is 2. The van der Waals surface area contributed by atoms with Crippen LogP contribution in [-0.2, 0) is 43.0 Å². The minimum Gasteiger partial charge on any atom is -0.390 e. The fraction of sp³-hybridized carbons (Fsp3) is 0.500. The van der Waals surface area contributed by atoms with Crippen LogP contribution in [0, 0.1) is 28.6 Å². The van der Waals surface area contributed by atoms with Crippen molar-refractivity contribution in [2.75, 3.05) is 18.5 Å². The number of halogens is 2. The molecule has 0 bridgehead atoms. The van der Waals surface area contributed by atoms with Crippen LogP contribution in [0.2, 0.25) is 0 Å². The Morgan fingerprint density at radius 2 is 1.52 bits per heavy atom. The zero-order valence-corrected chi connectivity index (χ0v) is 37.8. The number of nitrogens with zero attached hydrogens (tertiary/aromatic N) is 1. The van der Waals surface area contributed by atoms with Crippen molar-refractivity contribution in [2.24, 2.45) is 28.6 Å². The molecule has 0 unspecified atom stereocenters. The summed E-state index contributed by atoms with van der Waals surface area (Å²) in [5.74, 6) is -9.18. The van der Waals surface area contributed by atoms with Gasteiger partial charge in [0.25, 0.3) is 11.8 Å². The number of carbonyl (C=O) groups is 7. The van der Waals surface area contributed by atoms with Crippen molar-refractivity contribution in [1.82, 2.24) is 10.2 Å². The molecular weight excluding hydrogens is 873 g/mol. The Morgan fingerprint density at radius 1 is 0.896 bits per heavy atom. The summed E-state index contributed by atoms with van der Waals surface area (Å²) in [5, 5.41) is 39.9. The first kappa shape index (κ1) is 47.9. The number of fused-ring (bicyclic) bond motifs is 7. The van der Waals surface area contributed by atoms with Gasteiger partial charge in [-0.05, 0) is 73.6 Å². The molecule has 13 atom stereocenters. The highest BCUT2D eigenvalue weighted by molar-refractivity contribution is 6.13. The lowest BCUT2D eigenvalue weighted by atomic mass is 9.44. The van der Waals surface area contributed by atoms with Crippen molar-refractivity contribution in [3.63, 3.8) is 0 Å². The Balaban J connectivity index is 0.897. The molecule has 0 spiro atoms. The number of amides is 4. The molecule has 4 amide bonds. The molecule has 2 aromatic rings. The number of rotatable bonds is 14. The molecule has 356 valence electrons. The lowest BCUT2D eigenvalue weighted by molar-refractivity contribution is -0.236. The van der Waals surface area contributed by atoms with Crippen molar-refractivity contribution in [1.29, 1.82) is 0 Å². The fourth-order valence-corrected chi connectivity index (χ4v) is 11.9. The lowest BCUT2D eigenvalue weighted by Crippen LogP contribution is -2.71. The highest BCUT2D eigenvalue weighted by atomic mass is 19.1. The Morgan fingerprint density at radius 3 is 2.15 bits per heavy atom. The van der Waals surface area contributed by atoms with Gasteiger partial charge >= 0.3 is 0 Å². The van der Waals surface area contributed by atoms with E-state index in [4.69, 9.17) is 9.47 Å². The Kier molecular flexibility index (Phi) is 12.3. The zero-order chi connectivity index (χ0) is 48.6. The molecule has 0 aromatic heterocycles. The van der Waals surface area contributed by atoms with Crippen molar-refractivity contribution < 1.29 is 67.1 Å². The van der Waals surface area contributed by atoms with Gasteiger partial charge in [-0.25, -0.2) is 8.78 Å². The number of allylic oxidation sites excluding steroid dienone is 4. The molecule has 6 aliphatic rings.